The molecule has 1 aliphatic carbocycles. The van der Waals surface area contributed by atoms with Crippen LogP contribution < -0.4 is 11.1 Å². The SMILES string of the molecule is NCC1(CC(=O)NC2CCN(Cc3ccc(F)c(F)c3)CC2)CCCCC1. The highest BCUT2D eigenvalue weighted by Gasteiger charge is 2.33. The Morgan fingerprint density at radius 3 is 2.48 bits per heavy atom. The van der Waals surface area contributed by atoms with E-state index in [0.717, 1.165) is 44.3 Å². The first-order valence-corrected chi connectivity index (χ1v) is 10.2. The van der Waals surface area contributed by atoms with Gasteiger partial charge in [0, 0.05) is 32.1 Å². The second-order valence-corrected chi connectivity index (χ2v) is 8.31. The number of hydrogen-bond acceptors (Lipinski definition) is 3. The summed E-state index contributed by atoms with van der Waals surface area (Å²) in [6.07, 6.45) is 8.02. The van der Waals surface area contributed by atoms with Crippen LogP contribution in [0, 0.1) is 17.0 Å². The second kappa shape index (κ2) is 9.11. The average Bonchev–Trinajstić information content (AvgIpc) is 2.67. The van der Waals surface area contributed by atoms with Crippen molar-refractivity contribution in [1.29, 1.82) is 0 Å². The Bertz CT molecular complexity index is 638. The topological polar surface area (TPSA) is 58.4 Å². The van der Waals surface area contributed by atoms with Crippen LogP contribution in [-0.4, -0.2) is 36.5 Å². The number of carbonyl (C=O) groups excluding carboxylic acids is 1. The van der Waals surface area contributed by atoms with E-state index in [1.807, 2.05) is 0 Å². The van der Waals surface area contributed by atoms with Crippen LogP contribution >= 0.6 is 0 Å². The standard InChI is InChI=1S/C21H31F2N3O/c22-18-5-4-16(12-19(18)23)14-26-10-6-17(7-11-26)25-20(27)13-21(15-24)8-2-1-3-9-21/h4-5,12,17H,1-3,6-11,13-15,24H2,(H,25,27). The highest BCUT2D eigenvalue weighted by molar-refractivity contribution is 5.77. The molecule has 3 N–H and O–H groups in total. The van der Waals surface area contributed by atoms with Crippen LogP contribution in [-0.2, 0) is 11.3 Å². The van der Waals surface area contributed by atoms with Crippen LogP contribution in [0.15, 0.2) is 18.2 Å². The lowest BCUT2D eigenvalue weighted by Gasteiger charge is -2.37. The summed E-state index contributed by atoms with van der Waals surface area (Å²) in [6, 6.07) is 4.26. The third-order valence-electron chi connectivity index (χ3n) is 6.23. The first-order chi connectivity index (χ1) is 13.0. The number of hydrogen-bond donors (Lipinski definition) is 2. The molecule has 0 radical (unpaired) electrons. The smallest absolute Gasteiger partial charge is 0.220 e. The summed E-state index contributed by atoms with van der Waals surface area (Å²) < 4.78 is 26.4. The Morgan fingerprint density at radius 2 is 1.85 bits per heavy atom. The molecule has 1 amide bonds. The number of nitrogens with zero attached hydrogens (tertiary/aromatic N) is 1. The number of amides is 1. The molecule has 0 unspecified atom stereocenters. The fourth-order valence-electron chi connectivity index (χ4n) is 4.51. The van der Waals surface area contributed by atoms with Crippen LogP contribution in [0.4, 0.5) is 8.78 Å². The Balaban J connectivity index is 1.43. The van der Waals surface area contributed by atoms with Crippen molar-refractivity contribution in [2.45, 2.75) is 64.0 Å². The van der Waals surface area contributed by atoms with Gasteiger partial charge >= 0.3 is 0 Å². The second-order valence-electron chi connectivity index (χ2n) is 8.31. The molecule has 1 aromatic carbocycles. The van der Waals surface area contributed by atoms with E-state index in [0.29, 0.717) is 19.5 Å². The average molecular weight is 379 g/mol. The third-order valence-corrected chi connectivity index (χ3v) is 6.23. The number of nitrogens with two attached hydrogens (primary N) is 1. The van der Waals surface area contributed by atoms with Crippen molar-refractivity contribution in [2.24, 2.45) is 11.1 Å². The zero-order chi connectivity index (χ0) is 19.3. The van der Waals surface area contributed by atoms with Crippen LogP contribution in [0.5, 0.6) is 0 Å². The van der Waals surface area contributed by atoms with E-state index >= 15 is 0 Å². The normalized spacial score (nSPS) is 21.1. The minimum absolute atomic E-state index is 0.00427. The van der Waals surface area contributed by atoms with Gasteiger partial charge < -0.3 is 11.1 Å². The zero-order valence-electron chi connectivity index (χ0n) is 16.0. The molecule has 4 nitrogen and oxygen atoms in total. The van der Waals surface area contributed by atoms with E-state index < -0.39 is 11.6 Å². The fourth-order valence-corrected chi connectivity index (χ4v) is 4.51. The number of piperidine rings is 1. The number of nitrogens with one attached hydrogen (secondary N) is 1. The molecule has 2 aliphatic rings. The quantitative estimate of drug-likeness (QED) is 0.797. The summed E-state index contributed by atoms with van der Waals surface area (Å²) in [7, 11) is 0. The van der Waals surface area contributed by atoms with Gasteiger partial charge in [0.2, 0.25) is 5.91 Å². The first kappa shape index (κ1) is 20.2. The fraction of sp³-hybridized carbons (Fsp3) is 0.667. The number of halogens is 2. The van der Waals surface area contributed by atoms with Gasteiger partial charge in [0.05, 0.1) is 0 Å². The number of benzene rings is 1. The maximum atomic E-state index is 13.3. The van der Waals surface area contributed by atoms with Gasteiger partial charge in [-0.15, -0.1) is 0 Å². The molecule has 1 saturated carbocycles. The molecule has 27 heavy (non-hydrogen) atoms. The van der Waals surface area contributed by atoms with Crippen LogP contribution in [0.25, 0.3) is 0 Å². The monoisotopic (exact) mass is 379 g/mol. The molecule has 0 bridgehead atoms. The Labute approximate surface area is 160 Å². The molecule has 2 fully saturated rings. The summed E-state index contributed by atoms with van der Waals surface area (Å²) in [6.45, 7) is 2.87. The van der Waals surface area contributed by atoms with Gasteiger partial charge in [-0.05, 0) is 55.3 Å². The molecule has 1 saturated heterocycles. The lowest BCUT2D eigenvalue weighted by atomic mass is 9.71. The van der Waals surface area contributed by atoms with E-state index in [2.05, 4.69) is 10.2 Å². The van der Waals surface area contributed by atoms with Crippen molar-refractivity contribution in [3.05, 3.63) is 35.4 Å². The Hall–Kier alpha value is -1.53. The number of carbonyl (C=O) groups is 1. The molecule has 150 valence electrons. The van der Waals surface area contributed by atoms with Crippen molar-refractivity contribution >= 4 is 5.91 Å². The minimum Gasteiger partial charge on any atom is -0.353 e. The molecule has 1 heterocycles. The number of likely N-dealkylation sites (tertiary alicyclic amines) is 1. The van der Waals surface area contributed by atoms with Gasteiger partial charge in [-0.3, -0.25) is 9.69 Å². The van der Waals surface area contributed by atoms with Gasteiger partial charge in [-0.25, -0.2) is 8.78 Å². The summed E-state index contributed by atoms with van der Waals surface area (Å²) in [5.74, 6) is -1.49. The summed E-state index contributed by atoms with van der Waals surface area (Å²) in [5.41, 5.74) is 6.77. The van der Waals surface area contributed by atoms with Gasteiger partial charge in [0.1, 0.15) is 0 Å². The lowest BCUT2D eigenvalue weighted by molar-refractivity contribution is -0.124. The summed E-state index contributed by atoms with van der Waals surface area (Å²) >= 11 is 0. The van der Waals surface area contributed by atoms with Gasteiger partial charge in [-0.2, -0.15) is 0 Å². The van der Waals surface area contributed by atoms with Crippen LogP contribution in [0.1, 0.15) is 56.9 Å². The van der Waals surface area contributed by atoms with Gasteiger partial charge in [-0.1, -0.05) is 25.3 Å². The molecule has 0 aromatic heterocycles. The maximum absolute atomic E-state index is 13.3. The highest BCUT2D eigenvalue weighted by atomic mass is 19.2. The molecular weight excluding hydrogens is 348 g/mol. The van der Waals surface area contributed by atoms with Crippen molar-refractivity contribution in [3.63, 3.8) is 0 Å². The Kier molecular flexibility index (Phi) is 6.82. The van der Waals surface area contributed by atoms with Gasteiger partial charge in [0.15, 0.2) is 11.6 Å². The van der Waals surface area contributed by atoms with E-state index in [9.17, 15) is 13.6 Å². The molecule has 1 aliphatic heterocycles. The maximum Gasteiger partial charge on any atom is 0.220 e. The molecule has 1 aromatic rings. The third kappa shape index (κ3) is 5.48. The minimum atomic E-state index is -0.812. The molecule has 0 atom stereocenters. The van der Waals surface area contributed by atoms with Crippen molar-refractivity contribution in [3.8, 4) is 0 Å². The van der Waals surface area contributed by atoms with E-state index in [4.69, 9.17) is 5.73 Å². The molecule has 6 heteroatoms. The Morgan fingerprint density at radius 1 is 1.15 bits per heavy atom. The van der Waals surface area contributed by atoms with E-state index in [1.165, 1.54) is 31.4 Å². The van der Waals surface area contributed by atoms with Crippen LogP contribution in [0.2, 0.25) is 0 Å². The lowest BCUT2D eigenvalue weighted by Crippen LogP contribution is -2.46. The number of rotatable bonds is 6. The van der Waals surface area contributed by atoms with Crippen molar-refractivity contribution < 1.29 is 13.6 Å². The molecule has 0 spiro atoms. The predicted molar refractivity (Wildman–Crippen MR) is 102 cm³/mol. The highest BCUT2D eigenvalue weighted by Crippen LogP contribution is 2.38. The van der Waals surface area contributed by atoms with E-state index in [-0.39, 0.29) is 17.4 Å². The van der Waals surface area contributed by atoms with Crippen LogP contribution in [0.3, 0.4) is 0 Å². The van der Waals surface area contributed by atoms with Gasteiger partial charge in [0.25, 0.3) is 0 Å². The van der Waals surface area contributed by atoms with Crippen molar-refractivity contribution in [1.82, 2.24) is 10.2 Å². The van der Waals surface area contributed by atoms with Crippen molar-refractivity contribution in [2.75, 3.05) is 19.6 Å². The zero-order valence-corrected chi connectivity index (χ0v) is 16.0. The summed E-state index contributed by atoms with van der Waals surface area (Å²) in [5, 5.41) is 3.20. The summed E-state index contributed by atoms with van der Waals surface area (Å²) in [4.78, 5) is 14.7. The molecule has 3 rings (SSSR count). The first-order valence-electron chi connectivity index (χ1n) is 10.2. The predicted octanol–water partition coefficient (Wildman–Crippen LogP) is 3.34. The van der Waals surface area contributed by atoms with E-state index in [1.54, 1.807) is 6.07 Å². The largest absolute Gasteiger partial charge is 0.353 e. The molecular formula is C21H31F2N3O.